The lowest BCUT2D eigenvalue weighted by molar-refractivity contribution is 0.0954. The Hall–Kier alpha value is -2.01. The Morgan fingerprint density at radius 2 is 2.16 bits per heavy atom. The zero-order chi connectivity index (χ0) is 13.5. The Bertz CT molecular complexity index is 549. The first-order valence-electron chi connectivity index (χ1n) is 6.12. The molecule has 19 heavy (non-hydrogen) atoms. The van der Waals surface area contributed by atoms with Crippen LogP contribution >= 0.6 is 11.3 Å². The molecule has 0 saturated heterocycles. The first-order chi connectivity index (χ1) is 9.31. The highest BCUT2D eigenvalue weighted by Crippen LogP contribution is 2.13. The number of aromatic nitrogens is 1. The number of hydrogen-bond acceptors (Lipinski definition) is 4. The quantitative estimate of drug-likeness (QED) is 0.672. The van der Waals surface area contributed by atoms with Gasteiger partial charge < -0.3 is 0 Å². The topological polar surface area (TPSA) is 54.4 Å². The molecule has 2 rings (SSSR count). The Labute approximate surface area is 116 Å². The second-order valence-electron chi connectivity index (χ2n) is 3.96. The molecule has 4 nitrogen and oxygen atoms in total. The normalized spacial score (nSPS) is 11.3. The molecule has 0 radical (unpaired) electrons. The number of pyridine rings is 1. The highest BCUT2D eigenvalue weighted by Gasteiger charge is 2.07. The summed E-state index contributed by atoms with van der Waals surface area (Å²) in [6.45, 7) is 2.09. The van der Waals surface area contributed by atoms with Crippen LogP contribution in [0.3, 0.4) is 0 Å². The minimum absolute atomic E-state index is 0.215. The lowest BCUT2D eigenvalue weighted by atomic mass is 10.2. The fourth-order valence-corrected chi connectivity index (χ4v) is 2.34. The van der Waals surface area contributed by atoms with Crippen LogP contribution in [0.1, 0.15) is 35.0 Å². The summed E-state index contributed by atoms with van der Waals surface area (Å²) in [6, 6.07) is 7.32. The van der Waals surface area contributed by atoms with Gasteiger partial charge in [0.25, 0.3) is 5.91 Å². The lowest BCUT2D eigenvalue weighted by Gasteiger charge is -2.04. The van der Waals surface area contributed by atoms with Crippen molar-refractivity contribution in [2.24, 2.45) is 5.10 Å². The first kappa shape index (κ1) is 13.4. The lowest BCUT2D eigenvalue weighted by Crippen LogP contribution is -2.19. The van der Waals surface area contributed by atoms with Gasteiger partial charge in [0.1, 0.15) is 0 Å². The van der Waals surface area contributed by atoms with Gasteiger partial charge in [0.15, 0.2) is 0 Å². The van der Waals surface area contributed by atoms with Gasteiger partial charge in [-0.2, -0.15) is 5.10 Å². The van der Waals surface area contributed by atoms with Gasteiger partial charge in [0.05, 0.1) is 10.6 Å². The molecule has 0 saturated carbocycles. The van der Waals surface area contributed by atoms with Crippen molar-refractivity contribution in [2.75, 3.05) is 0 Å². The second-order valence-corrected chi connectivity index (χ2v) is 4.91. The van der Waals surface area contributed by atoms with Crippen LogP contribution in [0.5, 0.6) is 0 Å². The van der Waals surface area contributed by atoms with Crippen molar-refractivity contribution in [1.29, 1.82) is 0 Å². The van der Waals surface area contributed by atoms with Gasteiger partial charge >= 0.3 is 0 Å². The van der Waals surface area contributed by atoms with Crippen LogP contribution in [0.2, 0.25) is 0 Å². The van der Waals surface area contributed by atoms with Crippen LogP contribution in [-0.2, 0) is 0 Å². The van der Waals surface area contributed by atoms with E-state index in [0.29, 0.717) is 5.56 Å². The molecule has 5 heteroatoms. The van der Waals surface area contributed by atoms with Crippen molar-refractivity contribution in [3.63, 3.8) is 0 Å². The molecule has 98 valence electrons. The first-order valence-corrected chi connectivity index (χ1v) is 7.00. The molecule has 2 heterocycles. The molecule has 0 aliphatic heterocycles. The fourth-order valence-electron chi connectivity index (χ4n) is 1.60. The molecule has 1 N–H and O–H groups in total. The number of amides is 1. The van der Waals surface area contributed by atoms with E-state index in [1.54, 1.807) is 35.9 Å². The van der Waals surface area contributed by atoms with Gasteiger partial charge in [-0.3, -0.25) is 9.78 Å². The molecule has 0 aliphatic carbocycles. The second kappa shape index (κ2) is 6.80. The van der Waals surface area contributed by atoms with Crippen LogP contribution in [0, 0.1) is 0 Å². The zero-order valence-corrected chi connectivity index (χ0v) is 11.5. The van der Waals surface area contributed by atoms with Crippen molar-refractivity contribution in [2.45, 2.75) is 19.8 Å². The summed E-state index contributed by atoms with van der Waals surface area (Å²) in [6.07, 6.45) is 5.01. The average Bonchev–Trinajstić information content (AvgIpc) is 2.98. The van der Waals surface area contributed by atoms with Crippen molar-refractivity contribution in [3.8, 4) is 0 Å². The van der Waals surface area contributed by atoms with E-state index in [-0.39, 0.29) is 5.91 Å². The van der Waals surface area contributed by atoms with Gasteiger partial charge in [-0.1, -0.05) is 19.4 Å². The molecule has 0 aromatic carbocycles. The number of hydrazone groups is 1. The molecule has 1 amide bonds. The predicted molar refractivity (Wildman–Crippen MR) is 77.5 cm³/mol. The van der Waals surface area contributed by atoms with Crippen molar-refractivity contribution >= 4 is 23.0 Å². The maximum atomic E-state index is 11.9. The third-order valence-corrected chi connectivity index (χ3v) is 3.45. The highest BCUT2D eigenvalue weighted by molar-refractivity contribution is 7.12. The molecular weight excluding hydrogens is 258 g/mol. The van der Waals surface area contributed by atoms with Crippen LogP contribution in [0.15, 0.2) is 47.1 Å². The number of carbonyl (C=O) groups excluding carboxylic acids is 1. The summed E-state index contributed by atoms with van der Waals surface area (Å²) in [4.78, 5) is 16.9. The summed E-state index contributed by atoms with van der Waals surface area (Å²) < 4.78 is 0. The summed E-state index contributed by atoms with van der Waals surface area (Å²) >= 11 is 1.63. The standard InChI is InChI=1S/C14H15N3OS/c1-2-4-12(13-5-3-10-19-13)16-17-14(18)11-6-8-15-9-7-11/h3,5-10H,2,4H2,1H3,(H,17,18)/b16-12-. The van der Waals surface area contributed by atoms with Crippen LogP contribution in [-0.4, -0.2) is 16.6 Å². The van der Waals surface area contributed by atoms with Gasteiger partial charge in [-0.05, 0) is 30.0 Å². The zero-order valence-electron chi connectivity index (χ0n) is 10.7. The number of hydrogen-bond donors (Lipinski definition) is 1. The highest BCUT2D eigenvalue weighted by atomic mass is 32.1. The number of nitrogens with zero attached hydrogens (tertiary/aromatic N) is 2. The number of carbonyl (C=O) groups is 1. The Balaban J connectivity index is 2.09. The minimum atomic E-state index is -0.215. The van der Waals surface area contributed by atoms with Crippen LogP contribution in [0.25, 0.3) is 0 Å². The van der Waals surface area contributed by atoms with Crippen molar-refractivity contribution in [3.05, 3.63) is 52.5 Å². The van der Waals surface area contributed by atoms with Crippen molar-refractivity contribution < 1.29 is 4.79 Å². The number of nitrogens with one attached hydrogen (secondary N) is 1. The third kappa shape index (κ3) is 3.72. The predicted octanol–water partition coefficient (Wildman–Crippen LogP) is 3.08. The molecule has 2 aromatic rings. The van der Waals surface area contributed by atoms with E-state index >= 15 is 0 Å². The van der Waals surface area contributed by atoms with Crippen molar-refractivity contribution in [1.82, 2.24) is 10.4 Å². The van der Waals surface area contributed by atoms with Crippen LogP contribution < -0.4 is 5.43 Å². The maximum Gasteiger partial charge on any atom is 0.271 e. The largest absolute Gasteiger partial charge is 0.271 e. The molecule has 0 aliphatic rings. The van der Waals surface area contributed by atoms with E-state index in [2.05, 4.69) is 22.4 Å². The SMILES string of the molecule is CCC/C(=N/NC(=O)c1ccncc1)c1cccs1. The molecular formula is C14H15N3OS. The smallest absolute Gasteiger partial charge is 0.267 e. The molecule has 0 fully saturated rings. The Kier molecular flexibility index (Phi) is 4.80. The summed E-state index contributed by atoms with van der Waals surface area (Å²) in [7, 11) is 0. The van der Waals surface area contributed by atoms with Crippen LogP contribution in [0.4, 0.5) is 0 Å². The summed E-state index contributed by atoms with van der Waals surface area (Å²) in [5.74, 6) is -0.215. The maximum absolute atomic E-state index is 11.9. The van der Waals surface area contributed by atoms with E-state index < -0.39 is 0 Å². The molecule has 0 unspecified atom stereocenters. The minimum Gasteiger partial charge on any atom is -0.267 e. The Morgan fingerprint density at radius 1 is 1.37 bits per heavy atom. The summed E-state index contributed by atoms with van der Waals surface area (Å²) in [5, 5.41) is 6.24. The van der Waals surface area contributed by atoms with Gasteiger partial charge in [-0.25, -0.2) is 5.43 Å². The van der Waals surface area contributed by atoms with E-state index in [1.807, 2.05) is 17.5 Å². The van der Waals surface area contributed by atoms with E-state index in [0.717, 1.165) is 23.4 Å². The van der Waals surface area contributed by atoms with Gasteiger partial charge in [-0.15, -0.1) is 11.3 Å². The van der Waals surface area contributed by atoms with E-state index in [1.165, 1.54) is 0 Å². The Morgan fingerprint density at radius 3 is 2.79 bits per heavy atom. The summed E-state index contributed by atoms with van der Waals surface area (Å²) in [5.41, 5.74) is 4.07. The number of rotatable bonds is 5. The monoisotopic (exact) mass is 273 g/mol. The molecule has 0 spiro atoms. The average molecular weight is 273 g/mol. The fraction of sp³-hybridized carbons (Fsp3) is 0.214. The van der Waals surface area contributed by atoms with E-state index in [9.17, 15) is 4.79 Å². The molecule has 2 aromatic heterocycles. The van der Waals surface area contributed by atoms with Gasteiger partial charge in [0.2, 0.25) is 0 Å². The number of thiophene rings is 1. The van der Waals surface area contributed by atoms with E-state index in [4.69, 9.17) is 0 Å². The van der Waals surface area contributed by atoms with Gasteiger partial charge in [0, 0.05) is 18.0 Å². The third-order valence-electron chi connectivity index (χ3n) is 2.53. The molecule has 0 atom stereocenters. The molecule has 0 bridgehead atoms.